The summed E-state index contributed by atoms with van der Waals surface area (Å²) in [5.74, 6) is -1.28. The summed E-state index contributed by atoms with van der Waals surface area (Å²) in [7, 11) is 1.21. The molecule has 1 unspecified atom stereocenters. The lowest BCUT2D eigenvalue weighted by atomic mass is 9.99. The van der Waals surface area contributed by atoms with E-state index in [9.17, 15) is 9.59 Å². The number of allylic oxidation sites excluding steroid dienone is 4. The predicted molar refractivity (Wildman–Crippen MR) is 131 cm³/mol. The third kappa shape index (κ3) is 7.14. The molecule has 7 nitrogen and oxygen atoms in total. The highest BCUT2D eigenvalue weighted by molar-refractivity contribution is 6.18. The highest BCUT2D eigenvalue weighted by Crippen LogP contribution is 2.17. The van der Waals surface area contributed by atoms with Crippen LogP contribution in [0.1, 0.15) is 54.2 Å². The first-order valence-electron chi connectivity index (χ1n) is 10.8. The second-order valence-corrected chi connectivity index (χ2v) is 8.07. The van der Waals surface area contributed by atoms with Crippen molar-refractivity contribution in [1.82, 2.24) is 10.3 Å². The van der Waals surface area contributed by atoms with Crippen molar-refractivity contribution in [3.63, 3.8) is 0 Å². The first-order valence-corrected chi connectivity index (χ1v) is 10.8. The molecule has 174 valence electrons. The Bertz CT molecular complexity index is 1100. The smallest absolute Gasteiger partial charge is 0.334 e. The SMILES string of the molecule is CC/C(C)=C/C=C(\C)Cc1cncc(C(=O)NC(C(=N)c2cc(C)ccc2N)C(=O)OC)c1. The first kappa shape index (κ1) is 25.5. The molecule has 0 spiro atoms. The summed E-state index contributed by atoms with van der Waals surface area (Å²) in [5, 5.41) is 11.1. The van der Waals surface area contributed by atoms with Crippen LogP contribution in [0.25, 0.3) is 0 Å². The number of carbonyl (C=O) groups is 2. The molecule has 1 amide bonds. The number of rotatable bonds is 9. The quantitative estimate of drug-likeness (QED) is 0.230. The van der Waals surface area contributed by atoms with E-state index in [2.05, 4.69) is 36.3 Å². The topological polar surface area (TPSA) is 118 Å². The molecule has 4 N–H and O–H groups in total. The molecule has 0 fully saturated rings. The number of hydrogen-bond donors (Lipinski definition) is 3. The van der Waals surface area contributed by atoms with Gasteiger partial charge in [-0.25, -0.2) is 4.79 Å². The summed E-state index contributed by atoms with van der Waals surface area (Å²) in [6.07, 6.45) is 8.91. The number of pyridine rings is 1. The predicted octanol–water partition coefficient (Wildman–Crippen LogP) is 4.16. The standard InChI is InChI=1S/C26H32N4O3/c1-6-16(2)7-8-17(3)11-19-13-20(15-29-14-19)25(31)30-24(26(32)33-5)23(28)21-12-18(4)9-10-22(21)27/h7-10,12-15,24,28H,6,11,27H2,1-5H3,(H,30,31)/b16-7+,17-8+,28-23?. The summed E-state index contributed by atoms with van der Waals surface area (Å²) in [6, 6.07) is 5.60. The Morgan fingerprint density at radius 3 is 2.55 bits per heavy atom. The van der Waals surface area contributed by atoms with Crippen molar-refractivity contribution in [2.45, 2.75) is 46.6 Å². The average Bonchev–Trinajstić information content (AvgIpc) is 2.81. The zero-order valence-corrected chi connectivity index (χ0v) is 19.9. The molecule has 2 aromatic rings. The van der Waals surface area contributed by atoms with E-state index in [1.54, 1.807) is 24.4 Å². The Hall–Kier alpha value is -3.74. The maximum Gasteiger partial charge on any atom is 0.334 e. The van der Waals surface area contributed by atoms with Crippen molar-refractivity contribution in [3.8, 4) is 0 Å². The lowest BCUT2D eigenvalue weighted by molar-refractivity contribution is -0.141. The molecular weight excluding hydrogens is 416 g/mol. The van der Waals surface area contributed by atoms with Crippen LogP contribution in [0.15, 0.2) is 60.0 Å². The Morgan fingerprint density at radius 1 is 1.18 bits per heavy atom. The molecule has 1 aromatic heterocycles. The van der Waals surface area contributed by atoms with Crippen LogP contribution >= 0.6 is 0 Å². The van der Waals surface area contributed by atoms with Crippen molar-refractivity contribution < 1.29 is 14.3 Å². The van der Waals surface area contributed by atoms with Crippen LogP contribution in [-0.2, 0) is 16.0 Å². The summed E-state index contributed by atoms with van der Waals surface area (Å²) >= 11 is 0. The van der Waals surface area contributed by atoms with Gasteiger partial charge in [-0.1, -0.05) is 41.9 Å². The number of carbonyl (C=O) groups excluding carboxylic acids is 2. The lowest BCUT2D eigenvalue weighted by Crippen LogP contribution is -2.47. The number of nitrogens with one attached hydrogen (secondary N) is 2. The van der Waals surface area contributed by atoms with E-state index in [1.165, 1.54) is 18.9 Å². The van der Waals surface area contributed by atoms with E-state index in [0.29, 0.717) is 23.2 Å². The van der Waals surface area contributed by atoms with Gasteiger partial charge in [0.05, 0.1) is 18.4 Å². The normalized spacial score (nSPS) is 12.8. The molecule has 1 atom stereocenters. The minimum atomic E-state index is -1.31. The van der Waals surface area contributed by atoms with Gasteiger partial charge in [0.2, 0.25) is 0 Å². The van der Waals surface area contributed by atoms with Crippen LogP contribution in [-0.4, -0.2) is 35.7 Å². The third-order valence-electron chi connectivity index (χ3n) is 5.25. The zero-order chi connectivity index (χ0) is 24.5. The Balaban J connectivity index is 2.25. The molecule has 0 aliphatic carbocycles. The molecule has 1 heterocycles. The Morgan fingerprint density at radius 2 is 1.88 bits per heavy atom. The minimum Gasteiger partial charge on any atom is -0.467 e. The van der Waals surface area contributed by atoms with Gasteiger partial charge in [0.1, 0.15) is 0 Å². The highest BCUT2D eigenvalue weighted by Gasteiger charge is 2.29. The van der Waals surface area contributed by atoms with Crippen molar-refractivity contribution in [2.24, 2.45) is 0 Å². The van der Waals surface area contributed by atoms with Gasteiger partial charge in [-0.3, -0.25) is 9.78 Å². The highest BCUT2D eigenvalue weighted by atomic mass is 16.5. The van der Waals surface area contributed by atoms with Gasteiger partial charge < -0.3 is 21.2 Å². The van der Waals surface area contributed by atoms with Crippen LogP contribution in [0.4, 0.5) is 5.69 Å². The van der Waals surface area contributed by atoms with Crippen molar-refractivity contribution in [1.29, 1.82) is 5.41 Å². The van der Waals surface area contributed by atoms with Gasteiger partial charge in [-0.05, 0) is 57.4 Å². The summed E-state index contributed by atoms with van der Waals surface area (Å²) in [5.41, 5.74) is 11.0. The second kappa shape index (κ2) is 11.8. The summed E-state index contributed by atoms with van der Waals surface area (Å²) < 4.78 is 4.83. The maximum atomic E-state index is 12.9. The number of aromatic nitrogens is 1. The van der Waals surface area contributed by atoms with Gasteiger partial charge in [-0.2, -0.15) is 0 Å². The Labute approximate surface area is 195 Å². The molecule has 0 bridgehead atoms. The third-order valence-corrected chi connectivity index (χ3v) is 5.25. The fourth-order valence-corrected chi connectivity index (χ4v) is 3.13. The van der Waals surface area contributed by atoms with E-state index in [-0.39, 0.29) is 5.71 Å². The van der Waals surface area contributed by atoms with E-state index in [1.807, 2.05) is 19.9 Å². The van der Waals surface area contributed by atoms with Crippen LogP contribution < -0.4 is 11.1 Å². The van der Waals surface area contributed by atoms with Crippen LogP contribution in [0, 0.1) is 12.3 Å². The number of nitrogens with two attached hydrogens (primary N) is 1. The second-order valence-electron chi connectivity index (χ2n) is 8.07. The van der Waals surface area contributed by atoms with Crippen molar-refractivity contribution >= 4 is 23.3 Å². The number of benzene rings is 1. The van der Waals surface area contributed by atoms with Gasteiger partial charge in [0.15, 0.2) is 6.04 Å². The number of nitrogen functional groups attached to an aromatic ring is 1. The number of anilines is 1. The molecule has 7 heteroatoms. The lowest BCUT2D eigenvalue weighted by Gasteiger charge is -2.19. The molecule has 0 saturated heterocycles. The molecule has 0 aliphatic rings. The number of nitrogens with zero attached hydrogens (tertiary/aromatic N) is 1. The minimum absolute atomic E-state index is 0.141. The van der Waals surface area contributed by atoms with E-state index >= 15 is 0 Å². The van der Waals surface area contributed by atoms with E-state index < -0.39 is 17.9 Å². The molecular formula is C26H32N4O3. The van der Waals surface area contributed by atoms with Gasteiger partial charge in [0.25, 0.3) is 5.91 Å². The molecule has 0 saturated carbocycles. The number of methoxy groups -OCH3 is 1. The summed E-state index contributed by atoms with van der Waals surface area (Å²) in [4.78, 5) is 29.5. The van der Waals surface area contributed by atoms with Crippen molar-refractivity contribution in [3.05, 3.63) is 82.2 Å². The fraction of sp³-hybridized carbons (Fsp3) is 0.308. The number of ether oxygens (including phenoxy) is 1. The number of esters is 1. The first-order chi connectivity index (χ1) is 15.7. The summed E-state index contributed by atoms with van der Waals surface area (Å²) in [6.45, 7) is 8.06. The molecule has 0 radical (unpaired) electrons. The monoisotopic (exact) mass is 448 g/mol. The molecule has 2 rings (SSSR count). The molecule has 1 aromatic carbocycles. The van der Waals surface area contributed by atoms with Crippen molar-refractivity contribution in [2.75, 3.05) is 12.8 Å². The van der Waals surface area contributed by atoms with Crippen LogP contribution in [0.5, 0.6) is 0 Å². The van der Waals surface area contributed by atoms with Gasteiger partial charge >= 0.3 is 5.97 Å². The molecule has 33 heavy (non-hydrogen) atoms. The Kier molecular flexibility index (Phi) is 9.09. The van der Waals surface area contributed by atoms with E-state index in [0.717, 1.165) is 23.1 Å². The van der Waals surface area contributed by atoms with Crippen LogP contribution in [0.2, 0.25) is 0 Å². The number of amides is 1. The zero-order valence-electron chi connectivity index (χ0n) is 19.9. The van der Waals surface area contributed by atoms with E-state index in [4.69, 9.17) is 15.9 Å². The molecule has 0 aliphatic heterocycles. The maximum absolute atomic E-state index is 12.9. The number of aryl methyl sites for hydroxylation is 1. The number of hydrogen-bond acceptors (Lipinski definition) is 6. The fourth-order valence-electron chi connectivity index (χ4n) is 3.13. The van der Waals surface area contributed by atoms with Gasteiger partial charge in [0, 0.05) is 23.6 Å². The van der Waals surface area contributed by atoms with Gasteiger partial charge in [-0.15, -0.1) is 0 Å². The van der Waals surface area contributed by atoms with Crippen LogP contribution in [0.3, 0.4) is 0 Å². The average molecular weight is 449 g/mol. The largest absolute Gasteiger partial charge is 0.467 e.